The van der Waals surface area contributed by atoms with Crippen molar-refractivity contribution in [2.45, 2.75) is 18.9 Å². The van der Waals surface area contributed by atoms with Gasteiger partial charge in [0.15, 0.2) is 0 Å². The highest BCUT2D eigenvalue weighted by atomic mass is 19.1. The Balaban J connectivity index is 2.24. The summed E-state index contributed by atoms with van der Waals surface area (Å²) in [7, 11) is 0. The van der Waals surface area contributed by atoms with E-state index in [2.05, 4.69) is 0 Å². The fourth-order valence-electron chi connectivity index (χ4n) is 2.11. The summed E-state index contributed by atoms with van der Waals surface area (Å²) in [6, 6.07) is 3.05. The van der Waals surface area contributed by atoms with E-state index in [0.717, 1.165) is 12.1 Å². The Hall–Kier alpha value is -2.02. The molecule has 1 aliphatic heterocycles. The van der Waals surface area contributed by atoms with Gasteiger partial charge in [-0.25, -0.2) is 0 Å². The fourth-order valence-corrected chi connectivity index (χ4v) is 2.11. The predicted octanol–water partition coefficient (Wildman–Crippen LogP) is 1.33. The number of aliphatic hydroxyl groups is 1. The molecule has 19 heavy (non-hydrogen) atoms. The lowest BCUT2D eigenvalue weighted by Gasteiger charge is -2.30. The highest BCUT2D eigenvalue weighted by Gasteiger charge is 2.25. The van der Waals surface area contributed by atoms with E-state index in [9.17, 15) is 24.4 Å². The molecule has 1 fully saturated rings. The predicted molar refractivity (Wildman–Crippen MR) is 64.2 cm³/mol. The van der Waals surface area contributed by atoms with Crippen molar-refractivity contribution in [3.05, 3.63) is 39.7 Å². The highest BCUT2D eigenvalue weighted by Crippen LogP contribution is 2.21. The lowest BCUT2D eigenvalue weighted by atomic mass is 10.1. The third-order valence-electron chi connectivity index (χ3n) is 3.07. The van der Waals surface area contributed by atoms with Gasteiger partial charge in [0.2, 0.25) is 5.82 Å². The SMILES string of the molecule is O=C(c1ccc(F)c([N+](=O)[O-])c1)N1CCC[C@H](O)C1. The van der Waals surface area contributed by atoms with Crippen molar-refractivity contribution in [2.24, 2.45) is 0 Å². The van der Waals surface area contributed by atoms with Crippen molar-refractivity contribution >= 4 is 11.6 Å². The van der Waals surface area contributed by atoms with Gasteiger partial charge in [0.05, 0.1) is 11.0 Å². The van der Waals surface area contributed by atoms with Gasteiger partial charge in [0, 0.05) is 24.7 Å². The van der Waals surface area contributed by atoms with Crippen LogP contribution in [0.1, 0.15) is 23.2 Å². The van der Waals surface area contributed by atoms with Crippen LogP contribution in [0.4, 0.5) is 10.1 Å². The zero-order valence-electron chi connectivity index (χ0n) is 10.1. The Kier molecular flexibility index (Phi) is 3.75. The summed E-state index contributed by atoms with van der Waals surface area (Å²) in [6.45, 7) is 0.686. The van der Waals surface area contributed by atoms with Gasteiger partial charge in [-0.3, -0.25) is 14.9 Å². The molecular formula is C12H13FN2O4. The molecule has 1 N–H and O–H groups in total. The molecule has 0 unspecified atom stereocenters. The smallest absolute Gasteiger partial charge is 0.305 e. The monoisotopic (exact) mass is 268 g/mol. The molecule has 1 saturated heterocycles. The van der Waals surface area contributed by atoms with E-state index in [4.69, 9.17) is 0 Å². The van der Waals surface area contributed by atoms with Crippen LogP contribution in [0.2, 0.25) is 0 Å². The number of likely N-dealkylation sites (tertiary alicyclic amines) is 1. The highest BCUT2D eigenvalue weighted by molar-refractivity contribution is 5.95. The van der Waals surface area contributed by atoms with Crippen molar-refractivity contribution < 1.29 is 19.2 Å². The molecule has 0 saturated carbocycles. The lowest BCUT2D eigenvalue weighted by molar-refractivity contribution is -0.387. The van der Waals surface area contributed by atoms with E-state index >= 15 is 0 Å². The van der Waals surface area contributed by atoms with Gasteiger partial charge < -0.3 is 10.0 Å². The largest absolute Gasteiger partial charge is 0.391 e. The number of aliphatic hydroxyl groups excluding tert-OH is 1. The van der Waals surface area contributed by atoms with Crippen LogP contribution in [-0.2, 0) is 0 Å². The third-order valence-corrected chi connectivity index (χ3v) is 3.07. The van der Waals surface area contributed by atoms with Crippen LogP contribution >= 0.6 is 0 Å². The minimum absolute atomic E-state index is 0.0576. The Morgan fingerprint density at radius 1 is 1.53 bits per heavy atom. The molecule has 1 aromatic rings. The second-order valence-electron chi connectivity index (χ2n) is 4.47. The molecule has 0 aliphatic carbocycles. The summed E-state index contributed by atoms with van der Waals surface area (Å²) in [5.74, 6) is -1.40. The summed E-state index contributed by atoms with van der Waals surface area (Å²) in [5.41, 5.74) is -0.661. The number of nitro groups is 1. The van der Waals surface area contributed by atoms with E-state index in [-0.39, 0.29) is 12.1 Å². The maximum atomic E-state index is 13.2. The van der Waals surface area contributed by atoms with Crippen LogP contribution in [0.3, 0.4) is 0 Å². The number of hydrogen-bond acceptors (Lipinski definition) is 4. The molecule has 1 heterocycles. The number of amides is 1. The normalized spacial score (nSPS) is 19.3. The Morgan fingerprint density at radius 2 is 2.26 bits per heavy atom. The van der Waals surface area contributed by atoms with Crippen molar-refractivity contribution in [3.63, 3.8) is 0 Å². The van der Waals surface area contributed by atoms with Crippen LogP contribution in [-0.4, -0.2) is 40.0 Å². The second-order valence-corrected chi connectivity index (χ2v) is 4.47. The molecule has 1 aromatic carbocycles. The van der Waals surface area contributed by atoms with Crippen molar-refractivity contribution in [2.75, 3.05) is 13.1 Å². The van der Waals surface area contributed by atoms with Crippen LogP contribution in [0.15, 0.2) is 18.2 Å². The minimum Gasteiger partial charge on any atom is -0.391 e. The quantitative estimate of drug-likeness (QED) is 0.648. The Bertz CT molecular complexity index is 520. The number of carbonyl (C=O) groups excluding carboxylic acids is 1. The first-order valence-corrected chi connectivity index (χ1v) is 5.90. The molecule has 0 radical (unpaired) electrons. The van der Waals surface area contributed by atoms with Crippen LogP contribution in [0.25, 0.3) is 0 Å². The van der Waals surface area contributed by atoms with Gasteiger partial charge >= 0.3 is 5.69 Å². The number of rotatable bonds is 2. The Morgan fingerprint density at radius 3 is 2.89 bits per heavy atom. The zero-order chi connectivity index (χ0) is 14.0. The molecule has 1 atom stereocenters. The second kappa shape index (κ2) is 5.31. The van der Waals surface area contributed by atoms with Crippen molar-refractivity contribution in [1.29, 1.82) is 0 Å². The first-order chi connectivity index (χ1) is 8.99. The van der Waals surface area contributed by atoms with Gasteiger partial charge in [0.1, 0.15) is 0 Å². The maximum Gasteiger partial charge on any atom is 0.305 e. The topological polar surface area (TPSA) is 83.7 Å². The van der Waals surface area contributed by atoms with Gasteiger partial charge in [-0.05, 0) is 25.0 Å². The standard InChI is InChI=1S/C12H13FN2O4/c13-10-4-3-8(6-11(10)15(18)19)12(17)14-5-1-2-9(16)7-14/h3-4,6,9,16H,1-2,5,7H2/t9-/m0/s1. The number of nitrogens with zero attached hydrogens (tertiary/aromatic N) is 2. The number of carbonyl (C=O) groups is 1. The molecule has 1 aliphatic rings. The van der Waals surface area contributed by atoms with Crippen molar-refractivity contribution in [3.8, 4) is 0 Å². The first-order valence-electron chi connectivity index (χ1n) is 5.90. The Labute approximate surface area is 108 Å². The van der Waals surface area contributed by atoms with E-state index in [0.29, 0.717) is 19.4 Å². The summed E-state index contributed by atoms with van der Waals surface area (Å²) in [5, 5.41) is 20.1. The van der Waals surface area contributed by atoms with Crippen LogP contribution in [0, 0.1) is 15.9 Å². The van der Waals surface area contributed by atoms with Gasteiger partial charge in [-0.2, -0.15) is 4.39 Å². The number of hydrogen-bond donors (Lipinski definition) is 1. The van der Waals surface area contributed by atoms with Crippen LogP contribution < -0.4 is 0 Å². The summed E-state index contributed by atoms with van der Waals surface area (Å²) < 4.78 is 13.2. The molecule has 7 heteroatoms. The van der Waals surface area contributed by atoms with Gasteiger partial charge in [-0.1, -0.05) is 0 Å². The average Bonchev–Trinajstić information content (AvgIpc) is 2.38. The maximum absolute atomic E-state index is 13.2. The minimum atomic E-state index is -0.972. The molecule has 0 bridgehead atoms. The summed E-state index contributed by atoms with van der Waals surface area (Å²) >= 11 is 0. The zero-order valence-corrected chi connectivity index (χ0v) is 10.1. The lowest BCUT2D eigenvalue weighted by Crippen LogP contribution is -2.42. The first kappa shape index (κ1) is 13.4. The summed E-state index contributed by atoms with van der Waals surface area (Å²) in [6.07, 6.45) is 0.733. The van der Waals surface area contributed by atoms with E-state index in [1.54, 1.807) is 0 Å². The van der Waals surface area contributed by atoms with Crippen LogP contribution in [0.5, 0.6) is 0 Å². The molecule has 0 spiro atoms. The third kappa shape index (κ3) is 2.87. The van der Waals surface area contributed by atoms with E-state index in [1.807, 2.05) is 0 Å². The van der Waals surface area contributed by atoms with Gasteiger partial charge in [0.25, 0.3) is 5.91 Å². The van der Waals surface area contributed by atoms with E-state index < -0.39 is 28.4 Å². The molecule has 102 valence electrons. The fraction of sp³-hybridized carbons (Fsp3) is 0.417. The number of benzene rings is 1. The van der Waals surface area contributed by atoms with Gasteiger partial charge in [-0.15, -0.1) is 0 Å². The molecule has 2 rings (SSSR count). The summed E-state index contributed by atoms with van der Waals surface area (Å²) in [4.78, 5) is 23.3. The molecular weight excluding hydrogens is 255 g/mol. The van der Waals surface area contributed by atoms with E-state index in [1.165, 1.54) is 11.0 Å². The number of piperidine rings is 1. The number of halogens is 1. The molecule has 6 nitrogen and oxygen atoms in total. The average molecular weight is 268 g/mol. The van der Waals surface area contributed by atoms with Crippen molar-refractivity contribution in [1.82, 2.24) is 4.90 Å². The molecule has 0 aromatic heterocycles. The number of β-amino-alcohol motifs (C(OH)–C–C–N with tert-alkyl or cyclic N) is 1. The number of nitro benzene ring substituents is 1. The molecule has 1 amide bonds.